The van der Waals surface area contributed by atoms with Crippen LogP contribution in [-0.4, -0.2) is 15.8 Å². The number of hydrogen-bond donors (Lipinski definition) is 0. The first-order chi connectivity index (χ1) is 7.15. The predicted octanol–water partition coefficient (Wildman–Crippen LogP) is 1.27. The van der Waals surface area contributed by atoms with Gasteiger partial charge in [0.1, 0.15) is 11.1 Å². The molecular formula is C10H10N2O2S. The molecule has 0 aromatic carbocycles. The van der Waals surface area contributed by atoms with Crippen LogP contribution in [0.4, 0.5) is 0 Å². The van der Waals surface area contributed by atoms with E-state index in [4.69, 9.17) is 0 Å². The quantitative estimate of drug-likeness (QED) is 0.719. The molecule has 0 saturated heterocycles. The van der Waals surface area contributed by atoms with Gasteiger partial charge in [-0.25, -0.2) is 4.98 Å². The second-order valence-corrected chi connectivity index (χ2v) is 4.54. The Balaban J connectivity index is 2.82. The molecule has 0 saturated carbocycles. The lowest BCUT2D eigenvalue weighted by molar-refractivity contribution is -0.108. The minimum atomic E-state index is -0.131. The monoisotopic (exact) mass is 222 g/mol. The number of nitrogens with zero attached hydrogens (tertiary/aromatic N) is 2. The van der Waals surface area contributed by atoms with Crippen LogP contribution in [0, 0.1) is 13.8 Å². The number of fused-ring (bicyclic) bond motifs is 1. The molecule has 0 N–H and O–H groups in total. The van der Waals surface area contributed by atoms with E-state index in [9.17, 15) is 9.59 Å². The smallest absolute Gasteiger partial charge is 0.262 e. The van der Waals surface area contributed by atoms with Crippen LogP contribution in [0.1, 0.15) is 10.4 Å². The highest BCUT2D eigenvalue weighted by Crippen LogP contribution is 2.25. The number of rotatable bonds is 2. The van der Waals surface area contributed by atoms with Gasteiger partial charge in [-0.2, -0.15) is 0 Å². The fraction of sp³-hybridized carbons (Fsp3) is 0.300. The van der Waals surface area contributed by atoms with Gasteiger partial charge in [-0.15, -0.1) is 11.3 Å². The summed E-state index contributed by atoms with van der Waals surface area (Å²) in [6.07, 6.45) is 2.12. The van der Waals surface area contributed by atoms with E-state index >= 15 is 0 Å². The summed E-state index contributed by atoms with van der Waals surface area (Å²) in [4.78, 5) is 28.3. The Morgan fingerprint density at radius 1 is 1.53 bits per heavy atom. The van der Waals surface area contributed by atoms with Crippen molar-refractivity contribution in [1.29, 1.82) is 0 Å². The number of aldehydes is 1. The van der Waals surface area contributed by atoms with Crippen molar-refractivity contribution < 1.29 is 4.79 Å². The Morgan fingerprint density at radius 2 is 2.27 bits per heavy atom. The van der Waals surface area contributed by atoms with Crippen molar-refractivity contribution in [2.45, 2.75) is 20.4 Å². The number of hydrogen-bond acceptors (Lipinski definition) is 4. The average Bonchev–Trinajstić information content (AvgIpc) is 2.49. The third kappa shape index (κ3) is 1.48. The summed E-state index contributed by atoms with van der Waals surface area (Å²) in [5.74, 6) is 0. The second-order valence-electron chi connectivity index (χ2n) is 3.33. The molecule has 2 aromatic heterocycles. The van der Waals surface area contributed by atoms with Crippen LogP contribution >= 0.6 is 11.3 Å². The zero-order valence-electron chi connectivity index (χ0n) is 8.48. The van der Waals surface area contributed by atoms with Gasteiger partial charge >= 0.3 is 0 Å². The number of aromatic nitrogens is 2. The molecule has 0 fully saturated rings. The van der Waals surface area contributed by atoms with E-state index in [0.717, 1.165) is 15.3 Å². The van der Waals surface area contributed by atoms with Crippen molar-refractivity contribution in [1.82, 2.24) is 9.55 Å². The average molecular weight is 222 g/mol. The van der Waals surface area contributed by atoms with E-state index in [1.54, 1.807) is 0 Å². The Kier molecular flexibility index (Phi) is 2.40. The summed E-state index contributed by atoms with van der Waals surface area (Å²) in [6.45, 7) is 3.93. The number of aryl methyl sites for hydroxylation is 2. The summed E-state index contributed by atoms with van der Waals surface area (Å²) in [5, 5.41) is 0.641. The SMILES string of the molecule is Cc1sc2ncn(CC=O)c(=O)c2c1C. The van der Waals surface area contributed by atoms with Gasteiger partial charge in [-0.3, -0.25) is 9.36 Å². The molecule has 0 aliphatic rings. The maximum absolute atomic E-state index is 11.9. The zero-order valence-corrected chi connectivity index (χ0v) is 9.30. The van der Waals surface area contributed by atoms with E-state index in [1.807, 2.05) is 13.8 Å². The second kappa shape index (κ2) is 3.58. The fourth-order valence-corrected chi connectivity index (χ4v) is 2.47. The molecule has 78 valence electrons. The van der Waals surface area contributed by atoms with E-state index in [0.29, 0.717) is 11.7 Å². The van der Waals surface area contributed by atoms with Gasteiger partial charge in [0.15, 0.2) is 0 Å². The number of thiophene rings is 1. The molecule has 2 rings (SSSR count). The minimum absolute atomic E-state index is 0.0656. The summed E-state index contributed by atoms with van der Waals surface area (Å²) in [6, 6.07) is 0. The van der Waals surface area contributed by atoms with Crippen molar-refractivity contribution in [2.75, 3.05) is 0 Å². The molecule has 0 aliphatic heterocycles. The summed E-state index contributed by atoms with van der Waals surface area (Å²) in [7, 11) is 0. The topological polar surface area (TPSA) is 52.0 Å². The van der Waals surface area contributed by atoms with Crippen LogP contribution in [0.5, 0.6) is 0 Å². The molecule has 0 radical (unpaired) electrons. The van der Waals surface area contributed by atoms with Crippen LogP contribution in [-0.2, 0) is 11.3 Å². The Bertz CT molecular complexity index is 583. The van der Waals surface area contributed by atoms with E-state index < -0.39 is 0 Å². The van der Waals surface area contributed by atoms with Crippen LogP contribution in [0.2, 0.25) is 0 Å². The molecule has 0 aliphatic carbocycles. The lowest BCUT2D eigenvalue weighted by Crippen LogP contribution is -2.20. The highest BCUT2D eigenvalue weighted by atomic mass is 32.1. The molecule has 0 spiro atoms. The third-order valence-corrected chi connectivity index (χ3v) is 3.54. The maximum atomic E-state index is 11.9. The lowest BCUT2D eigenvalue weighted by atomic mass is 10.2. The van der Waals surface area contributed by atoms with Crippen LogP contribution in [0.25, 0.3) is 10.2 Å². The summed E-state index contributed by atoms with van der Waals surface area (Å²) in [5.41, 5.74) is 0.835. The van der Waals surface area contributed by atoms with Crippen molar-refractivity contribution in [3.05, 3.63) is 27.1 Å². The molecule has 0 amide bonds. The number of carbonyl (C=O) groups is 1. The zero-order chi connectivity index (χ0) is 11.0. The lowest BCUT2D eigenvalue weighted by Gasteiger charge is -1.99. The number of carbonyl (C=O) groups excluding carboxylic acids is 1. The van der Waals surface area contributed by atoms with Crippen LogP contribution in [0.3, 0.4) is 0 Å². The van der Waals surface area contributed by atoms with Gasteiger partial charge in [0, 0.05) is 4.88 Å². The van der Waals surface area contributed by atoms with Crippen molar-refractivity contribution >= 4 is 27.8 Å². The Morgan fingerprint density at radius 3 is 2.93 bits per heavy atom. The summed E-state index contributed by atoms with van der Waals surface area (Å²) >= 11 is 1.51. The fourth-order valence-electron chi connectivity index (χ4n) is 1.48. The largest absolute Gasteiger partial charge is 0.301 e. The minimum Gasteiger partial charge on any atom is -0.301 e. The first-order valence-electron chi connectivity index (χ1n) is 4.54. The molecule has 2 aromatic rings. The van der Waals surface area contributed by atoms with E-state index in [2.05, 4.69) is 4.98 Å². The molecule has 5 heteroatoms. The molecule has 0 unspecified atom stereocenters. The van der Waals surface area contributed by atoms with Gasteiger partial charge in [0.25, 0.3) is 5.56 Å². The first kappa shape index (κ1) is 10.0. The van der Waals surface area contributed by atoms with Gasteiger partial charge in [0.05, 0.1) is 18.3 Å². The summed E-state index contributed by atoms with van der Waals surface area (Å²) < 4.78 is 1.33. The van der Waals surface area contributed by atoms with Crippen molar-refractivity contribution in [2.24, 2.45) is 0 Å². The highest BCUT2D eigenvalue weighted by Gasteiger charge is 2.11. The van der Waals surface area contributed by atoms with Crippen LogP contribution in [0.15, 0.2) is 11.1 Å². The van der Waals surface area contributed by atoms with Crippen molar-refractivity contribution in [3.63, 3.8) is 0 Å². The molecule has 0 atom stereocenters. The van der Waals surface area contributed by atoms with Crippen LogP contribution < -0.4 is 5.56 Å². The van der Waals surface area contributed by atoms with Crippen molar-refractivity contribution in [3.8, 4) is 0 Å². The maximum Gasteiger partial charge on any atom is 0.262 e. The molecular weight excluding hydrogens is 212 g/mol. The standard InChI is InChI=1S/C10H10N2O2S/c1-6-7(2)15-9-8(6)10(14)12(3-4-13)5-11-9/h4-5H,3H2,1-2H3. The molecule has 15 heavy (non-hydrogen) atoms. The Labute approximate surface area is 90.2 Å². The first-order valence-corrected chi connectivity index (χ1v) is 5.35. The molecule has 2 heterocycles. The predicted molar refractivity (Wildman–Crippen MR) is 59.4 cm³/mol. The van der Waals surface area contributed by atoms with Gasteiger partial charge in [-0.1, -0.05) is 0 Å². The third-order valence-electron chi connectivity index (χ3n) is 2.43. The van der Waals surface area contributed by atoms with Gasteiger partial charge in [0.2, 0.25) is 0 Å². The molecule has 4 nitrogen and oxygen atoms in total. The van der Waals surface area contributed by atoms with Gasteiger partial charge in [-0.05, 0) is 19.4 Å². The van der Waals surface area contributed by atoms with Gasteiger partial charge < -0.3 is 4.79 Å². The normalized spacial score (nSPS) is 10.8. The molecule has 0 bridgehead atoms. The van der Waals surface area contributed by atoms with E-state index in [1.165, 1.54) is 22.2 Å². The highest BCUT2D eigenvalue weighted by molar-refractivity contribution is 7.18. The Hall–Kier alpha value is -1.49. The van der Waals surface area contributed by atoms with E-state index in [-0.39, 0.29) is 12.1 Å².